The van der Waals surface area contributed by atoms with Crippen LogP contribution in [0.2, 0.25) is 0 Å². The predicted octanol–water partition coefficient (Wildman–Crippen LogP) is 0.613. The molecule has 0 unspecified atom stereocenters. The lowest BCUT2D eigenvalue weighted by Crippen LogP contribution is -2.47. The molecule has 0 spiro atoms. The van der Waals surface area contributed by atoms with Gasteiger partial charge < -0.3 is 15.0 Å². The molecule has 0 radical (unpaired) electrons. The molecule has 7 nitrogen and oxygen atoms in total. The summed E-state index contributed by atoms with van der Waals surface area (Å²) < 4.78 is 1.74. The number of rotatable bonds is 3. The minimum absolute atomic E-state index is 0.0302. The van der Waals surface area contributed by atoms with Gasteiger partial charge in [-0.25, -0.2) is 0 Å². The number of aromatic nitrogens is 2. The Morgan fingerprint density at radius 2 is 2.00 bits per heavy atom. The molecule has 0 N–H and O–H groups in total. The summed E-state index contributed by atoms with van der Waals surface area (Å²) in [5.74, 6) is 0.604. The molecule has 3 rings (SSSR count). The molecule has 2 fully saturated rings. The summed E-state index contributed by atoms with van der Waals surface area (Å²) in [6.45, 7) is 3.67. The van der Waals surface area contributed by atoms with Crippen LogP contribution in [0.1, 0.15) is 12.8 Å². The maximum absolute atomic E-state index is 11.0. The van der Waals surface area contributed by atoms with Crippen LogP contribution in [0.4, 0.5) is 11.6 Å². The SMILES string of the molecule is Cn1cnc([N+](=O)[O-])c1N1CCN(C2CC2)CC1. The summed E-state index contributed by atoms with van der Waals surface area (Å²) in [6.07, 6.45) is 4.14. The summed E-state index contributed by atoms with van der Waals surface area (Å²) in [6, 6.07) is 0.772. The van der Waals surface area contributed by atoms with E-state index in [4.69, 9.17) is 0 Å². The van der Waals surface area contributed by atoms with Crippen molar-refractivity contribution in [1.82, 2.24) is 14.5 Å². The summed E-state index contributed by atoms with van der Waals surface area (Å²) in [7, 11) is 1.81. The molecule has 1 aromatic heterocycles. The lowest BCUT2D eigenvalue weighted by molar-refractivity contribution is -0.388. The van der Waals surface area contributed by atoms with Gasteiger partial charge in [-0.2, -0.15) is 0 Å². The first-order chi connectivity index (χ1) is 8.66. The van der Waals surface area contributed by atoms with Crippen LogP contribution in [-0.4, -0.2) is 51.6 Å². The van der Waals surface area contributed by atoms with Crippen molar-refractivity contribution in [2.75, 3.05) is 31.1 Å². The van der Waals surface area contributed by atoms with Crippen molar-refractivity contribution in [3.05, 3.63) is 16.4 Å². The van der Waals surface area contributed by atoms with Gasteiger partial charge in [0.25, 0.3) is 0 Å². The average Bonchev–Trinajstić information content (AvgIpc) is 3.13. The van der Waals surface area contributed by atoms with Gasteiger partial charge in [0.15, 0.2) is 0 Å². The van der Waals surface area contributed by atoms with Gasteiger partial charge in [0.05, 0.1) is 0 Å². The Morgan fingerprint density at radius 3 is 2.56 bits per heavy atom. The summed E-state index contributed by atoms with van der Waals surface area (Å²) in [5.41, 5.74) is 0. The molecule has 7 heteroatoms. The van der Waals surface area contributed by atoms with Gasteiger partial charge in [0.2, 0.25) is 12.1 Å². The molecular weight excluding hydrogens is 234 g/mol. The number of aryl methyl sites for hydroxylation is 1. The zero-order chi connectivity index (χ0) is 12.7. The Balaban J connectivity index is 1.75. The number of anilines is 1. The van der Waals surface area contributed by atoms with Crippen LogP contribution in [0.25, 0.3) is 0 Å². The Bertz CT molecular complexity index is 460. The molecule has 1 aliphatic heterocycles. The summed E-state index contributed by atoms with van der Waals surface area (Å²) in [4.78, 5) is 19.0. The zero-order valence-corrected chi connectivity index (χ0v) is 10.4. The first-order valence-corrected chi connectivity index (χ1v) is 6.31. The maximum Gasteiger partial charge on any atom is 0.406 e. The Labute approximate surface area is 105 Å². The van der Waals surface area contributed by atoms with Crippen LogP contribution in [0.3, 0.4) is 0 Å². The minimum Gasteiger partial charge on any atom is -0.358 e. The van der Waals surface area contributed by atoms with Gasteiger partial charge in [-0.3, -0.25) is 9.47 Å². The topological polar surface area (TPSA) is 67.4 Å². The fraction of sp³-hybridized carbons (Fsp3) is 0.727. The van der Waals surface area contributed by atoms with E-state index < -0.39 is 4.92 Å². The average molecular weight is 251 g/mol. The third-order valence-electron chi connectivity index (χ3n) is 3.74. The third-order valence-corrected chi connectivity index (χ3v) is 3.74. The fourth-order valence-electron chi connectivity index (χ4n) is 2.64. The highest BCUT2D eigenvalue weighted by atomic mass is 16.6. The largest absolute Gasteiger partial charge is 0.406 e. The molecule has 1 saturated heterocycles. The van der Waals surface area contributed by atoms with Crippen LogP contribution in [0, 0.1) is 10.1 Å². The molecule has 1 saturated carbocycles. The quantitative estimate of drug-likeness (QED) is 0.581. The first-order valence-electron chi connectivity index (χ1n) is 6.31. The zero-order valence-electron chi connectivity index (χ0n) is 10.4. The molecule has 2 aliphatic rings. The number of nitrogens with zero attached hydrogens (tertiary/aromatic N) is 5. The fourth-order valence-corrected chi connectivity index (χ4v) is 2.64. The van der Waals surface area contributed by atoms with Crippen LogP contribution in [0.5, 0.6) is 0 Å². The highest BCUT2D eigenvalue weighted by molar-refractivity contribution is 5.54. The van der Waals surface area contributed by atoms with Crippen LogP contribution in [0.15, 0.2) is 6.33 Å². The van der Waals surface area contributed by atoms with Crippen molar-refractivity contribution in [2.24, 2.45) is 7.05 Å². The second kappa shape index (κ2) is 4.24. The second-order valence-electron chi connectivity index (χ2n) is 5.01. The van der Waals surface area contributed by atoms with Gasteiger partial charge in [-0.15, -0.1) is 0 Å². The number of piperazine rings is 1. The minimum atomic E-state index is -0.400. The lowest BCUT2D eigenvalue weighted by atomic mass is 10.3. The molecule has 18 heavy (non-hydrogen) atoms. The molecule has 0 amide bonds. The van der Waals surface area contributed by atoms with E-state index in [1.807, 2.05) is 7.05 Å². The third kappa shape index (κ3) is 1.94. The van der Waals surface area contributed by atoms with Gasteiger partial charge in [0.1, 0.15) is 0 Å². The van der Waals surface area contributed by atoms with Crippen molar-refractivity contribution in [2.45, 2.75) is 18.9 Å². The van der Waals surface area contributed by atoms with E-state index in [2.05, 4.69) is 14.8 Å². The lowest BCUT2D eigenvalue weighted by Gasteiger charge is -2.35. The Morgan fingerprint density at radius 1 is 1.33 bits per heavy atom. The molecule has 1 aromatic rings. The van der Waals surface area contributed by atoms with Crippen LogP contribution in [-0.2, 0) is 7.05 Å². The normalized spacial score (nSPS) is 21.3. The highest BCUT2D eigenvalue weighted by Crippen LogP contribution is 2.30. The first kappa shape index (κ1) is 11.5. The molecule has 2 heterocycles. The second-order valence-corrected chi connectivity index (χ2v) is 5.01. The Kier molecular flexibility index (Phi) is 2.70. The number of hydrogen-bond donors (Lipinski definition) is 0. The van der Waals surface area contributed by atoms with Crippen molar-refractivity contribution >= 4 is 11.6 Å². The summed E-state index contributed by atoms with van der Waals surface area (Å²) >= 11 is 0. The van der Waals surface area contributed by atoms with E-state index in [1.54, 1.807) is 4.57 Å². The molecule has 98 valence electrons. The van der Waals surface area contributed by atoms with Crippen molar-refractivity contribution in [3.63, 3.8) is 0 Å². The maximum atomic E-state index is 11.0. The van der Waals surface area contributed by atoms with E-state index in [0.29, 0.717) is 5.82 Å². The standard InChI is InChI=1S/C11H17N5O2/c1-13-8-12-10(16(17)18)11(13)15-6-4-14(5-7-15)9-2-3-9/h8-9H,2-7H2,1H3. The summed E-state index contributed by atoms with van der Waals surface area (Å²) in [5, 5.41) is 11.0. The number of imidazole rings is 1. The molecular formula is C11H17N5O2. The van der Waals surface area contributed by atoms with Crippen molar-refractivity contribution in [1.29, 1.82) is 0 Å². The van der Waals surface area contributed by atoms with E-state index >= 15 is 0 Å². The van der Waals surface area contributed by atoms with Gasteiger partial charge in [-0.1, -0.05) is 0 Å². The van der Waals surface area contributed by atoms with Gasteiger partial charge in [-0.05, 0) is 22.7 Å². The van der Waals surface area contributed by atoms with Crippen LogP contribution < -0.4 is 4.90 Å². The smallest absolute Gasteiger partial charge is 0.358 e. The number of nitro groups is 1. The molecule has 0 aromatic carbocycles. The predicted molar refractivity (Wildman–Crippen MR) is 66.7 cm³/mol. The monoisotopic (exact) mass is 251 g/mol. The number of hydrogen-bond acceptors (Lipinski definition) is 5. The molecule has 0 bridgehead atoms. The van der Waals surface area contributed by atoms with E-state index in [9.17, 15) is 10.1 Å². The molecule has 0 atom stereocenters. The van der Waals surface area contributed by atoms with E-state index in [1.165, 1.54) is 19.2 Å². The van der Waals surface area contributed by atoms with Crippen LogP contribution >= 0.6 is 0 Å². The highest BCUT2D eigenvalue weighted by Gasteiger charge is 2.33. The Hall–Kier alpha value is -1.63. The van der Waals surface area contributed by atoms with E-state index in [0.717, 1.165) is 32.2 Å². The molecule has 1 aliphatic carbocycles. The van der Waals surface area contributed by atoms with Gasteiger partial charge >= 0.3 is 5.82 Å². The van der Waals surface area contributed by atoms with Crippen molar-refractivity contribution < 1.29 is 4.92 Å². The van der Waals surface area contributed by atoms with Crippen molar-refractivity contribution in [3.8, 4) is 0 Å². The van der Waals surface area contributed by atoms with Gasteiger partial charge in [0, 0.05) is 39.3 Å². The van der Waals surface area contributed by atoms with E-state index in [-0.39, 0.29) is 5.82 Å².